The summed E-state index contributed by atoms with van der Waals surface area (Å²) in [6.07, 6.45) is 2.81. The van der Waals surface area contributed by atoms with E-state index in [9.17, 15) is 24.0 Å². The second kappa shape index (κ2) is 18.6. The summed E-state index contributed by atoms with van der Waals surface area (Å²) in [5.41, 5.74) is 13.1. The minimum Gasteiger partial charge on any atom is -0.494 e. The van der Waals surface area contributed by atoms with Crippen LogP contribution in [0.5, 0.6) is 5.75 Å². The molecule has 14 heteroatoms. The number of nitrogens with two attached hydrogens (primary N) is 1. The molecule has 2 aliphatic rings. The molecular weight excluding hydrogens is 803 g/mol. The topological polar surface area (TPSA) is 185 Å². The van der Waals surface area contributed by atoms with Crippen molar-refractivity contribution in [2.75, 3.05) is 33.0 Å². The summed E-state index contributed by atoms with van der Waals surface area (Å²) >= 11 is 0. The van der Waals surface area contributed by atoms with E-state index in [-0.39, 0.29) is 29.9 Å². The molecular formula is C49H49N5O9. The van der Waals surface area contributed by atoms with Gasteiger partial charge in [0.05, 0.1) is 28.9 Å². The fraction of sp³-hybridized carbons (Fsp3) is 0.306. The molecule has 1 saturated heterocycles. The lowest BCUT2D eigenvalue weighted by atomic mass is 9.97. The Morgan fingerprint density at radius 3 is 2.41 bits per heavy atom. The second-order valence-electron chi connectivity index (χ2n) is 16.0. The quantitative estimate of drug-likeness (QED) is 0.0636. The molecule has 0 spiro atoms. The maximum absolute atomic E-state index is 13.4. The van der Waals surface area contributed by atoms with E-state index in [1.165, 1.54) is 0 Å². The molecule has 3 N–H and O–H groups in total. The molecule has 4 heterocycles. The van der Waals surface area contributed by atoms with Crippen LogP contribution in [0.2, 0.25) is 0 Å². The van der Waals surface area contributed by atoms with E-state index in [4.69, 9.17) is 24.5 Å². The van der Waals surface area contributed by atoms with E-state index < -0.39 is 29.7 Å². The molecule has 1 unspecified atom stereocenters. The third-order valence-electron chi connectivity index (χ3n) is 11.6. The number of primary amides is 1. The van der Waals surface area contributed by atoms with Crippen molar-refractivity contribution >= 4 is 51.2 Å². The molecule has 14 nitrogen and oxygen atoms in total. The van der Waals surface area contributed by atoms with Crippen molar-refractivity contribution in [2.45, 2.75) is 65.0 Å². The second-order valence-corrected chi connectivity index (χ2v) is 16.0. The first-order chi connectivity index (χ1) is 30.5. The van der Waals surface area contributed by atoms with Gasteiger partial charge in [-0.3, -0.25) is 28.9 Å². The maximum atomic E-state index is 13.4. The Morgan fingerprint density at radius 1 is 0.873 bits per heavy atom. The number of amides is 4. The molecule has 1 fully saturated rings. The molecule has 1 atom stereocenters. The van der Waals surface area contributed by atoms with Crippen LogP contribution in [0.4, 0.5) is 0 Å². The molecule has 0 aliphatic carbocycles. The number of allylic oxidation sites excluding steroid dienone is 1. The van der Waals surface area contributed by atoms with E-state index in [2.05, 4.69) is 39.8 Å². The van der Waals surface area contributed by atoms with Gasteiger partial charge in [0.25, 0.3) is 11.8 Å². The molecule has 2 aromatic heterocycles. The molecule has 8 rings (SSSR count). The predicted molar refractivity (Wildman–Crippen MR) is 235 cm³/mol. The van der Waals surface area contributed by atoms with E-state index in [1.54, 1.807) is 18.2 Å². The average Bonchev–Trinajstić information content (AvgIpc) is 3.86. The zero-order chi connectivity index (χ0) is 44.2. The molecule has 4 aromatic carbocycles. The number of nitrogens with one attached hydrogen (secondary N) is 1. The first-order valence-corrected chi connectivity index (χ1v) is 21.2. The van der Waals surface area contributed by atoms with Crippen LogP contribution in [0.25, 0.3) is 32.9 Å². The van der Waals surface area contributed by atoms with Gasteiger partial charge in [-0.1, -0.05) is 54.2 Å². The summed E-state index contributed by atoms with van der Waals surface area (Å²) in [5, 5.41) is 8.39. The number of hydrogen-bond donors (Lipinski definition) is 2. The monoisotopic (exact) mass is 851 g/mol. The van der Waals surface area contributed by atoms with Gasteiger partial charge in [0.15, 0.2) is 5.78 Å². The fourth-order valence-corrected chi connectivity index (χ4v) is 8.59. The van der Waals surface area contributed by atoms with Crippen molar-refractivity contribution in [3.8, 4) is 16.9 Å². The molecule has 4 amide bonds. The SMILES string of the molecule is C=C1CCC(N2C(=O)c3cccc(CC(=O)COCCCOCCCCOc4ccc5c(c4)c4c(C(N)=O)cc(-c6c(C)noc6C)cc4n5Cc4ccccc4)c3C2=O)C(=O)N1. The van der Waals surface area contributed by atoms with Crippen LogP contribution in [0.15, 0.2) is 95.7 Å². The zero-order valence-corrected chi connectivity index (χ0v) is 35.4. The number of ether oxygens (including phenoxy) is 3. The lowest BCUT2D eigenvalue weighted by Gasteiger charge is -2.29. The number of piperidine rings is 1. The van der Waals surface area contributed by atoms with Crippen molar-refractivity contribution in [1.82, 2.24) is 19.9 Å². The van der Waals surface area contributed by atoms with Crippen LogP contribution >= 0.6 is 0 Å². The summed E-state index contributed by atoms with van der Waals surface area (Å²) < 4.78 is 25.3. The average molecular weight is 852 g/mol. The number of nitrogens with zero attached hydrogens (tertiary/aromatic N) is 3. The van der Waals surface area contributed by atoms with Gasteiger partial charge in [0.2, 0.25) is 11.8 Å². The molecule has 324 valence electrons. The summed E-state index contributed by atoms with van der Waals surface area (Å²) in [6, 6.07) is 23.9. The molecule has 0 saturated carbocycles. The first kappa shape index (κ1) is 42.8. The number of hydrogen-bond acceptors (Lipinski definition) is 10. The van der Waals surface area contributed by atoms with Crippen molar-refractivity contribution in [3.05, 3.63) is 130 Å². The minimum absolute atomic E-state index is 0.0761. The Labute approximate surface area is 363 Å². The predicted octanol–water partition coefficient (Wildman–Crippen LogP) is 7.00. The highest BCUT2D eigenvalue weighted by Crippen LogP contribution is 2.39. The lowest BCUT2D eigenvalue weighted by molar-refractivity contribution is -0.125. The Bertz CT molecular complexity index is 2750. The van der Waals surface area contributed by atoms with Gasteiger partial charge in [-0.2, -0.15) is 0 Å². The van der Waals surface area contributed by atoms with Crippen LogP contribution in [-0.4, -0.2) is 83.1 Å². The van der Waals surface area contributed by atoms with Crippen molar-refractivity contribution in [3.63, 3.8) is 0 Å². The highest BCUT2D eigenvalue weighted by atomic mass is 16.5. The Morgan fingerprint density at radius 2 is 1.65 bits per heavy atom. The lowest BCUT2D eigenvalue weighted by Crippen LogP contribution is -2.51. The molecule has 63 heavy (non-hydrogen) atoms. The number of Topliss-reactive ketones (excluding diaryl/α,β-unsaturated/α-hetero) is 1. The number of aromatic nitrogens is 2. The van der Waals surface area contributed by atoms with Gasteiger partial charge in [0, 0.05) is 65.9 Å². The van der Waals surface area contributed by atoms with Crippen LogP contribution < -0.4 is 15.8 Å². The number of rotatable bonds is 19. The van der Waals surface area contributed by atoms with Gasteiger partial charge in [-0.05, 0) is 99.0 Å². The van der Waals surface area contributed by atoms with Gasteiger partial charge in [-0.15, -0.1) is 0 Å². The normalized spacial score (nSPS) is 15.1. The smallest absolute Gasteiger partial charge is 0.262 e. The zero-order valence-electron chi connectivity index (χ0n) is 35.4. The van der Waals surface area contributed by atoms with E-state index in [1.807, 2.05) is 56.3 Å². The molecule has 6 aromatic rings. The van der Waals surface area contributed by atoms with Gasteiger partial charge < -0.3 is 34.4 Å². The van der Waals surface area contributed by atoms with Gasteiger partial charge in [0.1, 0.15) is 24.2 Å². The largest absolute Gasteiger partial charge is 0.494 e. The third kappa shape index (κ3) is 8.90. The van der Waals surface area contributed by atoms with Crippen molar-refractivity contribution in [1.29, 1.82) is 0 Å². The Balaban J connectivity index is 0.803. The highest BCUT2D eigenvalue weighted by Gasteiger charge is 2.45. The third-order valence-corrected chi connectivity index (χ3v) is 11.6. The number of carbonyl (C=O) groups excluding carboxylic acids is 5. The first-order valence-electron chi connectivity index (χ1n) is 21.2. The molecule has 0 radical (unpaired) electrons. The number of unbranched alkanes of at least 4 members (excludes halogenated alkanes) is 1. The molecule has 0 bridgehead atoms. The number of imide groups is 1. The number of benzene rings is 4. The van der Waals surface area contributed by atoms with Crippen molar-refractivity contribution < 1.29 is 42.7 Å². The van der Waals surface area contributed by atoms with E-state index in [0.29, 0.717) is 80.6 Å². The summed E-state index contributed by atoms with van der Waals surface area (Å²) in [7, 11) is 0. The fourth-order valence-electron chi connectivity index (χ4n) is 8.59. The van der Waals surface area contributed by atoms with Crippen LogP contribution in [-0.2, 0) is 32.0 Å². The minimum atomic E-state index is -0.921. The summed E-state index contributed by atoms with van der Waals surface area (Å²) in [4.78, 5) is 66.0. The van der Waals surface area contributed by atoms with Gasteiger partial charge in [-0.25, -0.2) is 0 Å². The van der Waals surface area contributed by atoms with Crippen LogP contribution in [0.3, 0.4) is 0 Å². The number of aryl methyl sites for hydroxylation is 2. The maximum Gasteiger partial charge on any atom is 0.262 e. The van der Waals surface area contributed by atoms with E-state index >= 15 is 0 Å². The Hall–Kier alpha value is -6.90. The van der Waals surface area contributed by atoms with Crippen LogP contribution in [0.1, 0.15) is 85.8 Å². The summed E-state index contributed by atoms with van der Waals surface area (Å²) in [5.74, 6) is -0.975. The standard InChI is InChI=1S/C49H49N5O9/c1-29-15-17-41(47(57)51-29)54-48(58)37-14-9-13-33(44(37)49(54)59)23-35(55)28-61-21-10-20-60-19-7-8-22-62-36-16-18-40-38(26-36)45-39(46(50)56)24-34(43-30(2)52-63-31(43)3)25-42(45)53(40)27-32-11-5-4-6-12-32/h4-6,9,11-14,16,18,24-26,41H,1,7-8,10,15,17,19-23,27-28H2,2-3H3,(H2,50,56)(H,51,57). The number of ketones is 1. The van der Waals surface area contributed by atoms with Gasteiger partial charge >= 0.3 is 0 Å². The number of fused-ring (bicyclic) bond motifs is 4. The Kier molecular flexibility index (Phi) is 12.6. The van der Waals surface area contributed by atoms with Crippen LogP contribution in [0, 0.1) is 13.8 Å². The molecule has 2 aliphatic heterocycles. The summed E-state index contributed by atoms with van der Waals surface area (Å²) in [6.45, 7) is 9.70. The highest BCUT2D eigenvalue weighted by molar-refractivity contribution is 6.24. The van der Waals surface area contributed by atoms with Crippen molar-refractivity contribution in [2.24, 2.45) is 5.73 Å². The van der Waals surface area contributed by atoms with E-state index in [0.717, 1.165) is 61.9 Å². The number of carbonyl (C=O) groups is 5.